The number of benzene rings is 1. The Kier molecular flexibility index (Phi) is 6.50. The van der Waals surface area contributed by atoms with E-state index in [-0.39, 0.29) is 5.82 Å². The minimum Gasteiger partial charge on any atom is -0.310 e. The van der Waals surface area contributed by atoms with Crippen LogP contribution in [0.3, 0.4) is 0 Å². The molecule has 1 aliphatic carbocycles. The maximum absolute atomic E-state index is 13.8. The van der Waals surface area contributed by atoms with Gasteiger partial charge in [-0.2, -0.15) is 0 Å². The van der Waals surface area contributed by atoms with Gasteiger partial charge in [0.05, 0.1) is 4.47 Å². The molecule has 1 aromatic carbocycles. The van der Waals surface area contributed by atoms with E-state index < -0.39 is 0 Å². The lowest BCUT2D eigenvalue weighted by atomic mass is 9.83. The topological polar surface area (TPSA) is 12.0 Å². The highest BCUT2D eigenvalue weighted by molar-refractivity contribution is 9.10. The summed E-state index contributed by atoms with van der Waals surface area (Å²) in [7, 11) is 0. The lowest BCUT2D eigenvalue weighted by Gasteiger charge is -2.27. The van der Waals surface area contributed by atoms with Gasteiger partial charge in [-0.25, -0.2) is 4.39 Å². The minimum absolute atomic E-state index is 0.158. The van der Waals surface area contributed by atoms with Crippen LogP contribution in [0.1, 0.15) is 63.5 Å². The Hall–Kier alpha value is -0.410. The Labute approximate surface area is 130 Å². The lowest BCUT2D eigenvalue weighted by Crippen LogP contribution is -2.25. The Bertz CT molecular complexity index is 415. The SMILES string of the molecule is CCCNC(CC1CCCCC1)c1ccc(Br)c(F)c1. The molecule has 0 bridgehead atoms. The van der Waals surface area contributed by atoms with Crippen molar-refractivity contribution in [2.75, 3.05) is 6.54 Å². The van der Waals surface area contributed by atoms with Crippen LogP contribution in [0, 0.1) is 11.7 Å². The molecule has 1 N–H and O–H groups in total. The molecule has 1 fully saturated rings. The molecule has 1 saturated carbocycles. The monoisotopic (exact) mass is 341 g/mol. The summed E-state index contributed by atoms with van der Waals surface area (Å²) in [5, 5.41) is 3.60. The predicted molar refractivity (Wildman–Crippen MR) is 86.3 cm³/mol. The third-order valence-electron chi connectivity index (χ3n) is 4.28. The van der Waals surface area contributed by atoms with Gasteiger partial charge < -0.3 is 5.32 Å². The maximum atomic E-state index is 13.8. The molecule has 0 aromatic heterocycles. The molecule has 0 aliphatic heterocycles. The second-order valence-electron chi connectivity index (χ2n) is 5.92. The summed E-state index contributed by atoms with van der Waals surface area (Å²) in [6.07, 6.45) is 9.03. The van der Waals surface area contributed by atoms with Crippen molar-refractivity contribution in [1.82, 2.24) is 5.32 Å². The number of hydrogen-bond acceptors (Lipinski definition) is 1. The van der Waals surface area contributed by atoms with Crippen molar-refractivity contribution in [1.29, 1.82) is 0 Å². The van der Waals surface area contributed by atoms with Crippen LogP contribution in [0.25, 0.3) is 0 Å². The van der Waals surface area contributed by atoms with Crippen LogP contribution in [0.5, 0.6) is 0 Å². The molecule has 0 radical (unpaired) electrons. The molecule has 2 rings (SSSR count). The maximum Gasteiger partial charge on any atom is 0.137 e. The Morgan fingerprint density at radius 3 is 2.70 bits per heavy atom. The van der Waals surface area contributed by atoms with Crippen molar-refractivity contribution in [3.63, 3.8) is 0 Å². The summed E-state index contributed by atoms with van der Waals surface area (Å²) in [4.78, 5) is 0. The van der Waals surface area contributed by atoms with Crippen LogP contribution in [0.2, 0.25) is 0 Å². The summed E-state index contributed by atoms with van der Waals surface area (Å²) < 4.78 is 14.3. The summed E-state index contributed by atoms with van der Waals surface area (Å²) in [5.41, 5.74) is 1.09. The largest absolute Gasteiger partial charge is 0.310 e. The third kappa shape index (κ3) is 4.56. The Balaban J connectivity index is 2.06. The summed E-state index contributed by atoms with van der Waals surface area (Å²) >= 11 is 3.23. The van der Waals surface area contributed by atoms with E-state index in [1.54, 1.807) is 6.07 Å². The molecule has 1 aromatic rings. The van der Waals surface area contributed by atoms with Crippen LogP contribution in [0.15, 0.2) is 22.7 Å². The zero-order valence-corrected chi connectivity index (χ0v) is 13.9. The zero-order chi connectivity index (χ0) is 14.4. The predicted octanol–water partition coefficient (Wildman–Crippen LogP) is 5.60. The first-order valence-corrected chi connectivity index (χ1v) is 8.68. The molecule has 112 valence electrons. The fourth-order valence-electron chi connectivity index (χ4n) is 3.14. The molecule has 1 nitrogen and oxygen atoms in total. The normalized spacial score (nSPS) is 18.1. The number of nitrogens with one attached hydrogen (secondary N) is 1. The standard InChI is InChI=1S/C17H25BrFN/c1-2-10-20-17(11-13-6-4-3-5-7-13)14-8-9-15(18)16(19)12-14/h8-9,12-13,17,20H,2-7,10-11H2,1H3. The van der Waals surface area contributed by atoms with E-state index in [1.807, 2.05) is 12.1 Å². The molecule has 0 heterocycles. The summed E-state index contributed by atoms with van der Waals surface area (Å²) in [6, 6.07) is 5.84. The van der Waals surface area contributed by atoms with Gasteiger partial charge in [0.15, 0.2) is 0 Å². The van der Waals surface area contributed by atoms with Gasteiger partial charge in [0.2, 0.25) is 0 Å². The Morgan fingerprint density at radius 1 is 1.30 bits per heavy atom. The second-order valence-corrected chi connectivity index (χ2v) is 6.77. The van der Waals surface area contributed by atoms with E-state index in [0.717, 1.165) is 30.9 Å². The average molecular weight is 342 g/mol. The Morgan fingerprint density at radius 2 is 2.05 bits per heavy atom. The zero-order valence-electron chi connectivity index (χ0n) is 12.3. The van der Waals surface area contributed by atoms with E-state index in [1.165, 1.54) is 32.1 Å². The van der Waals surface area contributed by atoms with Gasteiger partial charge in [-0.1, -0.05) is 45.1 Å². The van der Waals surface area contributed by atoms with Gasteiger partial charge in [-0.05, 0) is 58.9 Å². The molecule has 1 aliphatic rings. The summed E-state index contributed by atoms with van der Waals surface area (Å²) in [6.45, 7) is 3.17. The van der Waals surface area contributed by atoms with E-state index in [2.05, 4.69) is 28.2 Å². The van der Waals surface area contributed by atoms with Crippen LogP contribution in [-0.2, 0) is 0 Å². The highest BCUT2D eigenvalue weighted by Gasteiger charge is 2.20. The molecule has 3 heteroatoms. The smallest absolute Gasteiger partial charge is 0.137 e. The van der Waals surface area contributed by atoms with Gasteiger partial charge >= 0.3 is 0 Å². The second kappa shape index (κ2) is 8.14. The van der Waals surface area contributed by atoms with Gasteiger partial charge in [-0.15, -0.1) is 0 Å². The molecule has 20 heavy (non-hydrogen) atoms. The minimum atomic E-state index is -0.158. The van der Waals surface area contributed by atoms with E-state index >= 15 is 0 Å². The van der Waals surface area contributed by atoms with Gasteiger partial charge in [0.25, 0.3) is 0 Å². The molecule has 1 atom stereocenters. The van der Waals surface area contributed by atoms with Crippen molar-refractivity contribution < 1.29 is 4.39 Å². The molecule has 0 amide bonds. The van der Waals surface area contributed by atoms with Crippen LogP contribution < -0.4 is 5.32 Å². The van der Waals surface area contributed by atoms with Crippen molar-refractivity contribution in [2.24, 2.45) is 5.92 Å². The van der Waals surface area contributed by atoms with Crippen LogP contribution >= 0.6 is 15.9 Å². The van der Waals surface area contributed by atoms with Crippen LogP contribution in [-0.4, -0.2) is 6.54 Å². The van der Waals surface area contributed by atoms with Crippen molar-refractivity contribution >= 4 is 15.9 Å². The number of halogens is 2. The van der Waals surface area contributed by atoms with E-state index in [9.17, 15) is 4.39 Å². The first kappa shape index (κ1) is 16.0. The molecule has 0 spiro atoms. The van der Waals surface area contributed by atoms with E-state index in [4.69, 9.17) is 0 Å². The van der Waals surface area contributed by atoms with Gasteiger partial charge in [0, 0.05) is 6.04 Å². The highest BCUT2D eigenvalue weighted by atomic mass is 79.9. The van der Waals surface area contributed by atoms with Gasteiger partial charge in [0.1, 0.15) is 5.82 Å². The fourth-order valence-corrected chi connectivity index (χ4v) is 3.39. The summed E-state index contributed by atoms with van der Waals surface area (Å²) in [5.74, 6) is 0.638. The van der Waals surface area contributed by atoms with Crippen LogP contribution in [0.4, 0.5) is 4.39 Å². The number of rotatable bonds is 6. The van der Waals surface area contributed by atoms with E-state index in [0.29, 0.717) is 10.5 Å². The quantitative estimate of drug-likeness (QED) is 0.710. The van der Waals surface area contributed by atoms with Gasteiger partial charge in [-0.3, -0.25) is 0 Å². The molecular weight excluding hydrogens is 317 g/mol. The highest BCUT2D eigenvalue weighted by Crippen LogP contribution is 2.32. The fraction of sp³-hybridized carbons (Fsp3) is 0.647. The first-order chi connectivity index (χ1) is 9.70. The molecule has 0 saturated heterocycles. The molecule has 1 unspecified atom stereocenters. The van der Waals surface area contributed by atoms with Crippen molar-refractivity contribution in [3.8, 4) is 0 Å². The average Bonchev–Trinajstić information content (AvgIpc) is 2.47. The molecular formula is C17H25BrFN. The lowest BCUT2D eigenvalue weighted by molar-refractivity contribution is 0.299. The third-order valence-corrected chi connectivity index (χ3v) is 4.92. The van der Waals surface area contributed by atoms with Crippen molar-refractivity contribution in [2.45, 2.75) is 57.9 Å². The van der Waals surface area contributed by atoms with Crippen molar-refractivity contribution in [3.05, 3.63) is 34.1 Å². The number of hydrogen-bond donors (Lipinski definition) is 1. The first-order valence-electron chi connectivity index (χ1n) is 7.89.